The molecular formula is C15H23NO2. The Kier molecular flexibility index (Phi) is 5.02. The zero-order valence-corrected chi connectivity index (χ0v) is 11.1. The van der Waals surface area contributed by atoms with E-state index >= 15 is 0 Å². The van der Waals surface area contributed by atoms with Crippen LogP contribution in [0.2, 0.25) is 0 Å². The highest BCUT2D eigenvalue weighted by molar-refractivity contribution is 5.27. The zero-order valence-electron chi connectivity index (χ0n) is 11.1. The number of aryl methyl sites for hydroxylation is 1. The van der Waals surface area contributed by atoms with Gasteiger partial charge in [-0.15, -0.1) is 0 Å². The fourth-order valence-corrected chi connectivity index (χ4v) is 2.26. The molecule has 0 aliphatic carbocycles. The first-order valence-corrected chi connectivity index (χ1v) is 6.84. The minimum atomic E-state index is 0.0721. The maximum atomic E-state index is 6.10. The molecule has 1 fully saturated rings. The van der Waals surface area contributed by atoms with Crippen molar-refractivity contribution in [1.29, 1.82) is 0 Å². The van der Waals surface area contributed by atoms with Crippen LogP contribution < -0.4 is 10.5 Å². The maximum Gasteiger partial charge on any atom is 0.119 e. The summed E-state index contributed by atoms with van der Waals surface area (Å²) in [5.41, 5.74) is 7.46. The number of hydrogen-bond acceptors (Lipinski definition) is 3. The molecule has 0 amide bonds. The second-order valence-electron chi connectivity index (χ2n) is 4.99. The van der Waals surface area contributed by atoms with E-state index in [9.17, 15) is 0 Å². The van der Waals surface area contributed by atoms with Gasteiger partial charge in [0.2, 0.25) is 0 Å². The molecule has 1 aliphatic rings. The predicted molar refractivity (Wildman–Crippen MR) is 72.8 cm³/mol. The summed E-state index contributed by atoms with van der Waals surface area (Å²) in [6.45, 7) is 4.37. The van der Waals surface area contributed by atoms with Gasteiger partial charge in [0.05, 0.1) is 6.61 Å². The third-order valence-electron chi connectivity index (χ3n) is 3.47. The molecule has 0 radical (unpaired) electrons. The monoisotopic (exact) mass is 249 g/mol. The quantitative estimate of drug-likeness (QED) is 0.842. The number of nitrogens with two attached hydrogens (primary N) is 1. The van der Waals surface area contributed by atoms with E-state index in [1.165, 1.54) is 12.0 Å². The zero-order chi connectivity index (χ0) is 12.8. The summed E-state index contributed by atoms with van der Waals surface area (Å²) in [6.07, 6.45) is 3.35. The van der Waals surface area contributed by atoms with E-state index in [2.05, 4.69) is 19.1 Å². The van der Waals surface area contributed by atoms with Crippen LogP contribution in [0.3, 0.4) is 0 Å². The van der Waals surface area contributed by atoms with Crippen molar-refractivity contribution < 1.29 is 9.47 Å². The number of ether oxygens (including phenoxy) is 2. The molecule has 2 rings (SSSR count). The Bertz CT molecular complexity index is 344. The van der Waals surface area contributed by atoms with Crippen molar-refractivity contribution in [1.82, 2.24) is 0 Å². The van der Waals surface area contributed by atoms with E-state index in [-0.39, 0.29) is 6.04 Å². The topological polar surface area (TPSA) is 44.5 Å². The fourth-order valence-electron chi connectivity index (χ4n) is 2.26. The molecule has 18 heavy (non-hydrogen) atoms. The van der Waals surface area contributed by atoms with Crippen molar-refractivity contribution in [2.24, 2.45) is 11.7 Å². The van der Waals surface area contributed by atoms with Crippen molar-refractivity contribution in [3.05, 3.63) is 29.8 Å². The van der Waals surface area contributed by atoms with E-state index in [1.54, 1.807) is 0 Å². The van der Waals surface area contributed by atoms with Gasteiger partial charge in [-0.05, 0) is 30.5 Å². The van der Waals surface area contributed by atoms with Gasteiger partial charge in [0.15, 0.2) is 0 Å². The molecule has 1 aromatic carbocycles. The smallest absolute Gasteiger partial charge is 0.119 e. The van der Waals surface area contributed by atoms with E-state index in [4.69, 9.17) is 15.2 Å². The van der Waals surface area contributed by atoms with Crippen LogP contribution in [0.1, 0.15) is 25.3 Å². The first-order valence-electron chi connectivity index (χ1n) is 6.84. The van der Waals surface area contributed by atoms with Crippen LogP contribution in [0.15, 0.2) is 24.3 Å². The molecule has 1 saturated heterocycles. The fraction of sp³-hybridized carbons (Fsp3) is 0.600. The lowest BCUT2D eigenvalue weighted by Gasteiger charge is -2.18. The molecule has 0 aromatic heterocycles. The Balaban J connectivity index is 1.78. The van der Waals surface area contributed by atoms with Gasteiger partial charge in [-0.3, -0.25) is 0 Å². The normalized spacial score (nSPS) is 20.9. The second-order valence-corrected chi connectivity index (χ2v) is 4.99. The predicted octanol–water partition coefficient (Wildman–Crippen LogP) is 2.38. The Labute approximate surface area is 109 Å². The molecular weight excluding hydrogens is 226 g/mol. The van der Waals surface area contributed by atoms with Gasteiger partial charge < -0.3 is 15.2 Å². The van der Waals surface area contributed by atoms with Crippen LogP contribution in [0, 0.1) is 5.92 Å². The molecule has 0 spiro atoms. The van der Waals surface area contributed by atoms with Crippen molar-refractivity contribution in [2.75, 3.05) is 19.8 Å². The van der Waals surface area contributed by atoms with E-state index in [0.717, 1.165) is 31.8 Å². The molecule has 1 aliphatic heterocycles. The molecule has 1 aromatic rings. The van der Waals surface area contributed by atoms with Crippen molar-refractivity contribution in [3.8, 4) is 5.75 Å². The highest BCUT2D eigenvalue weighted by Crippen LogP contribution is 2.18. The SMILES string of the molecule is CCCc1ccc(OCC(N)C2CCOC2)cc1. The van der Waals surface area contributed by atoms with Crippen LogP contribution in [0.5, 0.6) is 5.75 Å². The summed E-state index contributed by atoms with van der Waals surface area (Å²) >= 11 is 0. The molecule has 2 N–H and O–H groups in total. The van der Waals surface area contributed by atoms with Gasteiger partial charge in [0, 0.05) is 18.6 Å². The van der Waals surface area contributed by atoms with Crippen molar-refractivity contribution >= 4 is 0 Å². The molecule has 2 unspecified atom stereocenters. The Morgan fingerprint density at radius 2 is 2.17 bits per heavy atom. The summed E-state index contributed by atoms with van der Waals surface area (Å²) in [5.74, 6) is 1.36. The van der Waals surface area contributed by atoms with Crippen LogP contribution in [0.25, 0.3) is 0 Å². The molecule has 2 atom stereocenters. The lowest BCUT2D eigenvalue weighted by Crippen LogP contribution is -2.36. The second kappa shape index (κ2) is 6.76. The van der Waals surface area contributed by atoms with E-state index in [0.29, 0.717) is 12.5 Å². The summed E-state index contributed by atoms with van der Waals surface area (Å²) in [4.78, 5) is 0. The minimum Gasteiger partial charge on any atom is -0.492 e. The third-order valence-corrected chi connectivity index (χ3v) is 3.47. The molecule has 0 saturated carbocycles. The molecule has 1 heterocycles. The van der Waals surface area contributed by atoms with E-state index in [1.807, 2.05) is 12.1 Å². The van der Waals surface area contributed by atoms with Crippen LogP contribution in [-0.2, 0) is 11.2 Å². The Morgan fingerprint density at radius 3 is 2.78 bits per heavy atom. The van der Waals surface area contributed by atoms with Crippen LogP contribution in [-0.4, -0.2) is 25.9 Å². The standard InChI is InChI=1S/C15H23NO2/c1-2-3-12-4-6-14(7-5-12)18-11-15(16)13-8-9-17-10-13/h4-7,13,15H,2-3,8-11,16H2,1H3. The molecule has 100 valence electrons. The van der Waals surface area contributed by atoms with Crippen molar-refractivity contribution in [3.63, 3.8) is 0 Å². The number of hydrogen-bond donors (Lipinski definition) is 1. The molecule has 3 heteroatoms. The summed E-state index contributed by atoms with van der Waals surface area (Å²) < 4.78 is 11.1. The first kappa shape index (κ1) is 13.4. The maximum absolute atomic E-state index is 6.10. The average Bonchev–Trinajstić information content (AvgIpc) is 2.92. The first-order chi connectivity index (χ1) is 8.79. The molecule has 0 bridgehead atoms. The van der Waals surface area contributed by atoms with Gasteiger partial charge in [-0.25, -0.2) is 0 Å². The van der Waals surface area contributed by atoms with Gasteiger partial charge in [-0.1, -0.05) is 25.5 Å². The van der Waals surface area contributed by atoms with Crippen LogP contribution in [0.4, 0.5) is 0 Å². The lowest BCUT2D eigenvalue weighted by molar-refractivity contribution is 0.170. The minimum absolute atomic E-state index is 0.0721. The number of rotatable bonds is 6. The van der Waals surface area contributed by atoms with E-state index < -0.39 is 0 Å². The summed E-state index contributed by atoms with van der Waals surface area (Å²) in [5, 5.41) is 0. The summed E-state index contributed by atoms with van der Waals surface area (Å²) in [6, 6.07) is 8.39. The molecule has 3 nitrogen and oxygen atoms in total. The van der Waals surface area contributed by atoms with Gasteiger partial charge in [0.25, 0.3) is 0 Å². The Hall–Kier alpha value is -1.06. The van der Waals surface area contributed by atoms with Gasteiger partial charge >= 0.3 is 0 Å². The number of benzene rings is 1. The lowest BCUT2D eigenvalue weighted by atomic mass is 10.0. The average molecular weight is 249 g/mol. The van der Waals surface area contributed by atoms with Gasteiger partial charge in [0.1, 0.15) is 12.4 Å². The highest BCUT2D eigenvalue weighted by atomic mass is 16.5. The largest absolute Gasteiger partial charge is 0.492 e. The van der Waals surface area contributed by atoms with Crippen LogP contribution >= 0.6 is 0 Å². The van der Waals surface area contributed by atoms with Gasteiger partial charge in [-0.2, -0.15) is 0 Å². The van der Waals surface area contributed by atoms with Crippen molar-refractivity contribution in [2.45, 2.75) is 32.2 Å². The Morgan fingerprint density at radius 1 is 1.39 bits per heavy atom. The summed E-state index contributed by atoms with van der Waals surface area (Å²) in [7, 11) is 0. The highest BCUT2D eigenvalue weighted by Gasteiger charge is 2.23. The third kappa shape index (κ3) is 3.72.